The molecular weight excluding hydrogens is 498 g/mol. The molecule has 6 heteroatoms. The molecule has 0 saturated carbocycles. The second-order valence-electron chi connectivity index (χ2n) is 9.09. The van der Waals surface area contributed by atoms with E-state index in [0.29, 0.717) is 23.1 Å². The van der Waals surface area contributed by atoms with Gasteiger partial charge in [0, 0.05) is 10.6 Å². The van der Waals surface area contributed by atoms with Gasteiger partial charge >= 0.3 is 5.97 Å². The Labute approximate surface area is 230 Å². The van der Waals surface area contributed by atoms with Gasteiger partial charge in [0.25, 0.3) is 0 Å². The molecule has 1 aliphatic heterocycles. The van der Waals surface area contributed by atoms with Crippen molar-refractivity contribution in [1.82, 2.24) is 4.90 Å². The first-order valence-electron chi connectivity index (χ1n) is 12.7. The first-order chi connectivity index (χ1) is 18.5. The Morgan fingerprint density at radius 1 is 0.974 bits per heavy atom. The number of likely N-dealkylation sites (tertiary alicyclic amines) is 1. The fraction of sp³-hybridized carbons (Fsp3) is 0.281. The zero-order valence-corrected chi connectivity index (χ0v) is 22.6. The molecule has 0 N–H and O–H groups in total. The number of hydrogen-bond donors (Lipinski definition) is 0. The standard InChI is InChI=1S/C32H32ClNO4/c1-24-22-29(15-16-31(24)38-23-32(35)36-2)37-21-17-30(27-11-13-28(33)14-12-27)26-9-7-25(8-10-26)6-5-20-34-18-3-4-19-34/h7-17,22H,3-4,18-21,23H2,1-2H3. The molecule has 3 aromatic rings. The van der Waals surface area contributed by atoms with E-state index < -0.39 is 5.97 Å². The summed E-state index contributed by atoms with van der Waals surface area (Å²) >= 11 is 6.14. The quantitative estimate of drug-likeness (QED) is 0.245. The summed E-state index contributed by atoms with van der Waals surface area (Å²) < 4.78 is 16.2. The summed E-state index contributed by atoms with van der Waals surface area (Å²) in [5.41, 5.74) is 5.05. The van der Waals surface area contributed by atoms with Crippen molar-refractivity contribution in [1.29, 1.82) is 0 Å². The van der Waals surface area contributed by atoms with E-state index in [2.05, 4.69) is 51.8 Å². The lowest BCUT2D eigenvalue weighted by Crippen LogP contribution is -2.18. The smallest absolute Gasteiger partial charge is 0.343 e. The maximum absolute atomic E-state index is 11.3. The molecule has 5 nitrogen and oxygen atoms in total. The monoisotopic (exact) mass is 529 g/mol. The summed E-state index contributed by atoms with van der Waals surface area (Å²) in [7, 11) is 1.33. The minimum absolute atomic E-state index is 0.131. The lowest BCUT2D eigenvalue weighted by Gasteiger charge is -2.12. The van der Waals surface area contributed by atoms with Crippen LogP contribution in [0.4, 0.5) is 0 Å². The van der Waals surface area contributed by atoms with Crippen molar-refractivity contribution in [2.45, 2.75) is 19.8 Å². The number of carbonyl (C=O) groups is 1. The molecule has 196 valence electrons. The summed E-state index contributed by atoms with van der Waals surface area (Å²) in [5, 5.41) is 0.693. The molecule has 0 radical (unpaired) electrons. The normalized spacial score (nSPS) is 13.5. The summed E-state index contributed by atoms with van der Waals surface area (Å²) in [4.78, 5) is 13.7. The molecule has 4 rings (SSSR count). The van der Waals surface area contributed by atoms with Gasteiger partial charge in [0.1, 0.15) is 18.1 Å². The van der Waals surface area contributed by atoms with Crippen LogP contribution < -0.4 is 9.47 Å². The minimum atomic E-state index is -0.424. The summed E-state index contributed by atoms with van der Waals surface area (Å²) in [5.74, 6) is 7.49. The number of rotatable bonds is 9. The maximum atomic E-state index is 11.3. The second kappa shape index (κ2) is 13.7. The third-order valence-corrected chi connectivity index (χ3v) is 6.59. The van der Waals surface area contributed by atoms with E-state index in [-0.39, 0.29) is 6.61 Å². The molecule has 0 aromatic heterocycles. The van der Waals surface area contributed by atoms with Gasteiger partial charge in [-0.05, 0) is 104 Å². The average Bonchev–Trinajstić information content (AvgIpc) is 3.45. The van der Waals surface area contributed by atoms with Crippen molar-refractivity contribution in [2.24, 2.45) is 0 Å². The van der Waals surface area contributed by atoms with Gasteiger partial charge in [-0.3, -0.25) is 4.90 Å². The van der Waals surface area contributed by atoms with Crippen LogP contribution in [-0.4, -0.2) is 50.8 Å². The molecule has 1 fully saturated rings. The second-order valence-corrected chi connectivity index (χ2v) is 9.53. The molecule has 38 heavy (non-hydrogen) atoms. The third kappa shape index (κ3) is 7.89. The topological polar surface area (TPSA) is 48.0 Å². The van der Waals surface area contributed by atoms with Crippen molar-refractivity contribution in [2.75, 3.05) is 40.0 Å². The van der Waals surface area contributed by atoms with Crippen molar-refractivity contribution in [3.8, 4) is 23.3 Å². The van der Waals surface area contributed by atoms with Gasteiger partial charge in [-0.25, -0.2) is 4.79 Å². The van der Waals surface area contributed by atoms with Gasteiger partial charge in [-0.2, -0.15) is 0 Å². The van der Waals surface area contributed by atoms with Crippen molar-refractivity contribution >= 4 is 23.1 Å². The van der Waals surface area contributed by atoms with E-state index >= 15 is 0 Å². The third-order valence-electron chi connectivity index (χ3n) is 6.34. The van der Waals surface area contributed by atoms with Crippen LogP contribution in [0, 0.1) is 18.8 Å². The van der Waals surface area contributed by atoms with Crippen LogP contribution >= 0.6 is 11.6 Å². The van der Waals surface area contributed by atoms with Crippen LogP contribution in [0.2, 0.25) is 5.02 Å². The maximum Gasteiger partial charge on any atom is 0.343 e. The Hall–Kier alpha value is -3.72. The molecule has 0 bridgehead atoms. The van der Waals surface area contributed by atoms with Gasteiger partial charge in [-0.15, -0.1) is 0 Å². The lowest BCUT2D eigenvalue weighted by atomic mass is 9.97. The highest BCUT2D eigenvalue weighted by molar-refractivity contribution is 6.30. The average molecular weight is 530 g/mol. The number of benzene rings is 3. The minimum Gasteiger partial charge on any atom is -0.489 e. The molecular formula is C32H32ClNO4. The fourth-order valence-corrected chi connectivity index (χ4v) is 4.38. The number of nitrogens with zero attached hydrogens (tertiary/aromatic N) is 1. The fourth-order valence-electron chi connectivity index (χ4n) is 4.25. The number of ether oxygens (including phenoxy) is 3. The number of carbonyl (C=O) groups excluding carboxylic acids is 1. The highest BCUT2D eigenvalue weighted by Crippen LogP contribution is 2.27. The van der Waals surface area contributed by atoms with Crippen molar-refractivity contribution in [3.63, 3.8) is 0 Å². The van der Waals surface area contributed by atoms with E-state index in [9.17, 15) is 4.79 Å². The number of aryl methyl sites for hydroxylation is 1. The van der Waals surface area contributed by atoms with Gasteiger partial charge in [-0.1, -0.05) is 47.7 Å². The SMILES string of the molecule is COC(=O)COc1ccc(OCC=C(c2ccc(Cl)cc2)c2ccc(C#CCN3CCCC3)cc2)cc1C. The first kappa shape index (κ1) is 27.3. The molecule has 0 aliphatic carbocycles. The largest absolute Gasteiger partial charge is 0.489 e. The molecule has 1 aliphatic rings. The van der Waals surface area contributed by atoms with Gasteiger partial charge in [0.05, 0.1) is 13.7 Å². The Balaban J connectivity index is 1.46. The predicted molar refractivity (Wildman–Crippen MR) is 152 cm³/mol. The molecule has 1 saturated heterocycles. The number of halogens is 1. The van der Waals surface area contributed by atoms with E-state index in [1.807, 2.05) is 43.3 Å². The number of hydrogen-bond acceptors (Lipinski definition) is 5. The van der Waals surface area contributed by atoms with E-state index in [1.165, 1.54) is 20.0 Å². The Kier molecular flexibility index (Phi) is 9.86. The molecule has 0 spiro atoms. The molecule has 0 unspecified atom stereocenters. The van der Waals surface area contributed by atoms with Gasteiger partial charge in [0.2, 0.25) is 0 Å². The van der Waals surface area contributed by atoms with Gasteiger partial charge < -0.3 is 14.2 Å². The summed E-state index contributed by atoms with van der Waals surface area (Å²) in [6.45, 7) is 5.28. The predicted octanol–water partition coefficient (Wildman–Crippen LogP) is 6.16. The molecule has 0 amide bonds. The lowest BCUT2D eigenvalue weighted by molar-refractivity contribution is -0.142. The van der Waals surface area contributed by atoms with Crippen LogP contribution in [-0.2, 0) is 9.53 Å². The van der Waals surface area contributed by atoms with Crippen LogP contribution in [0.3, 0.4) is 0 Å². The van der Waals surface area contributed by atoms with Crippen LogP contribution in [0.15, 0.2) is 72.8 Å². The number of esters is 1. The van der Waals surface area contributed by atoms with Crippen LogP contribution in [0.1, 0.15) is 35.1 Å². The first-order valence-corrected chi connectivity index (χ1v) is 13.1. The Morgan fingerprint density at radius 2 is 1.66 bits per heavy atom. The highest BCUT2D eigenvalue weighted by Gasteiger charge is 2.10. The van der Waals surface area contributed by atoms with Crippen LogP contribution in [0.5, 0.6) is 11.5 Å². The van der Waals surface area contributed by atoms with Crippen molar-refractivity contribution < 1.29 is 19.0 Å². The molecule has 1 heterocycles. The molecule has 0 atom stereocenters. The summed E-state index contributed by atoms with van der Waals surface area (Å²) in [6, 6.07) is 21.6. The zero-order chi connectivity index (χ0) is 26.7. The Morgan fingerprint density at radius 3 is 2.32 bits per heavy atom. The van der Waals surface area contributed by atoms with E-state index in [1.54, 1.807) is 6.07 Å². The van der Waals surface area contributed by atoms with E-state index in [0.717, 1.165) is 47.5 Å². The van der Waals surface area contributed by atoms with E-state index in [4.69, 9.17) is 21.1 Å². The van der Waals surface area contributed by atoms with Crippen LogP contribution in [0.25, 0.3) is 5.57 Å². The van der Waals surface area contributed by atoms with Crippen molar-refractivity contribution in [3.05, 3.63) is 100 Å². The number of methoxy groups -OCH3 is 1. The van der Waals surface area contributed by atoms with Gasteiger partial charge in [0.15, 0.2) is 6.61 Å². The Bertz CT molecular complexity index is 1310. The zero-order valence-electron chi connectivity index (χ0n) is 21.8. The molecule has 3 aromatic carbocycles. The highest BCUT2D eigenvalue weighted by atomic mass is 35.5. The summed E-state index contributed by atoms with van der Waals surface area (Å²) in [6.07, 6.45) is 4.61.